The van der Waals surface area contributed by atoms with E-state index in [9.17, 15) is 4.79 Å². The smallest absolute Gasteiger partial charge is 0.408 e. The van der Waals surface area contributed by atoms with Crippen LogP contribution in [0.1, 0.15) is 51.2 Å². The first-order valence-electron chi connectivity index (χ1n) is 7.84. The predicted molar refractivity (Wildman–Crippen MR) is 91.8 cm³/mol. The van der Waals surface area contributed by atoms with Crippen LogP contribution < -0.4 is 5.32 Å². The Labute approximate surface area is 140 Å². The average Bonchev–Trinajstić information content (AvgIpc) is 2.75. The van der Waals surface area contributed by atoms with Gasteiger partial charge in [-0.15, -0.1) is 0 Å². The Morgan fingerprint density at radius 2 is 2.14 bits per heavy atom. The highest BCUT2D eigenvalue weighted by Crippen LogP contribution is 2.42. The van der Waals surface area contributed by atoms with Gasteiger partial charge in [-0.05, 0) is 80.9 Å². The number of fused-ring (bicyclic) bond motifs is 2. The minimum Gasteiger partial charge on any atom is -0.444 e. The van der Waals surface area contributed by atoms with E-state index in [-0.39, 0.29) is 12.1 Å². The first-order chi connectivity index (χ1) is 10.3. The number of amides is 1. The van der Waals surface area contributed by atoms with Crippen LogP contribution in [0.5, 0.6) is 0 Å². The standard InChI is InChI=1S/C18H22BrNO2/c1-18(2,3)22-17(21)20-16-6-4-5-14-13-8-7-12(19)9-11(13)10-15(14)16/h7-9,16H,4-6,10H2,1-3H3,(H,20,21). The molecule has 2 aliphatic rings. The molecule has 4 heteroatoms. The van der Waals surface area contributed by atoms with Crippen LogP contribution in [0.3, 0.4) is 0 Å². The summed E-state index contributed by atoms with van der Waals surface area (Å²) >= 11 is 3.54. The highest BCUT2D eigenvalue weighted by molar-refractivity contribution is 9.10. The molecule has 1 unspecified atom stereocenters. The van der Waals surface area contributed by atoms with Gasteiger partial charge in [-0.25, -0.2) is 4.79 Å². The molecular weight excluding hydrogens is 342 g/mol. The van der Waals surface area contributed by atoms with Crippen molar-refractivity contribution >= 4 is 27.6 Å². The van der Waals surface area contributed by atoms with E-state index in [4.69, 9.17) is 4.74 Å². The van der Waals surface area contributed by atoms with Crippen LogP contribution in [0.25, 0.3) is 5.57 Å². The number of hydrogen-bond acceptors (Lipinski definition) is 2. The minimum atomic E-state index is -0.459. The number of rotatable bonds is 1. The third-order valence-corrected chi connectivity index (χ3v) is 4.69. The summed E-state index contributed by atoms with van der Waals surface area (Å²) in [6, 6.07) is 6.58. The molecule has 1 aromatic rings. The molecule has 1 aromatic carbocycles. The summed E-state index contributed by atoms with van der Waals surface area (Å²) in [7, 11) is 0. The van der Waals surface area contributed by atoms with Gasteiger partial charge in [0.15, 0.2) is 0 Å². The molecule has 0 spiro atoms. The molecule has 22 heavy (non-hydrogen) atoms. The number of carbonyl (C=O) groups excluding carboxylic acids is 1. The third kappa shape index (κ3) is 3.22. The summed E-state index contributed by atoms with van der Waals surface area (Å²) in [6.07, 6.45) is 3.83. The fourth-order valence-electron chi connectivity index (χ4n) is 3.38. The number of halogens is 1. The summed E-state index contributed by atoms with van der Waals surface area (Å²) in [4.78, 5) is 12.1. The molecule has 1 N–H and O–H groups in total. The Morgan fingerprint density at radius 3 is 2.86 bits per heavy atom. The van der Waals surface area contributed by atoms with E-state index in [2.05, 4.69) is 39.4 Å². The molecule has 0 aliphatic heterocycles. The van der Waals surface area contributed by atoms with Crippen LogP contribution >= 0.6 is 15.9 Å². The van der Waals surface area contributed by atoms with Crippen LogP contribution in [0.2, 0.25) is 0 Å². The van der Waals surface area contributed by atoms with Gasteiger partial charge in [0.05, 0.1) is 6.04 Å². The Morgan fingerprint density at radius 1 is 1.36 bits per heavy atom. The molecule has 0 saturated carbocycles. The summed E-state index contributed by atoms with van der Waals surface area (Å²) in [5, 5.41) is 3.07. The van der Waals surface area contributed by atoms with Crippen LogP contribution in [-0.2, 0) is 11.2 Å². The average molecular weight is 364 g/mol. The zero-order chi connectivity index (χ0) is 15.9. The molecule has 0 aromatic heterocycles. The van der Waals surface area contributed by atoms with Gasteiger partial charge >= 0.3 is 6.09 Å². The number of nitrogens with one attached hydrogen (secondary N) is 1. The molecule has 118 valence electrons. The second-order valence-electron chi connectivity index (χ2n) is 7.07. The van der Waals surface area contributed by atoms with Crippen molar-refractivity contribution in [2.45, 2.75) is 58.1 Å². The number of ether oxygens (including phenoxy) is 1. The quantitative estimate of drug-likeness (QED) is 0.775. The molecule has 0 radical (unpaired) electrons. The fraction of sp³-hybridized carbons (Fsp3) is 0.500. The van der Waals surface area contributed by atoms with Crippen molar-refractivity contribution < 1.29 is 9.53 Å². The molecule has 1 atom stereocenters. The Balaban J connectivity index is 1.79. The van der Waals surface area contributed by atoms with Crippen LogP contribution in [0.4, 0.5) is 4.79 Å². The van der Waals surface area contributed by atoms with Crippen molar-refractivity contribution in [3.8, 4) is 0 Å². The number of benzene rings is 1. The summed E-state index contributed by atoms with van der Waals surface area (Å²) < 4.78 is 6.52. The largest absolute Gasteiger partial charge is 0.444 e. The lowest BCUT2D eigenvalue weighted by molar-refractivity contribution is 0.0508. The van der Waals surface area contributed by atoms with Crippen molar-refractivity contribution in [1.82, 2.24) is 5.32 Å². The van der Waals surface area contributed by atoms with E-state index in [1.54, 1.807) is 0 Å². The molecule has 1 amide bonds. The maximum atomic E-state index is 12.1. The molecule has 0 saturated heterocycles. The molecule has 0 bridgehead atoms. The Hall–Kier alpha value is -1.29. The highest BCUT2D eigenvalue weighted by atomic mass is 79.9. The topological polar surface area (TPSA) is 38.3 Å². The third-order valence-electron chi connectivity index (χ3n) is 4.19. The molecule has 0 fully saturated rings. The van der Waals surface area contributed by atoms with Crippen molar-refractivity contribution in [2.75, 3.05) is 0 Å². The molecule has 2 aliphatic carbocycles. The van der Waals surface area contributed by atoms with E-state index in [0.29, 0.717) is 0 Å². The number of hydrogen-bond donors (Lipinski definition) is 1. The van der Waals surface area contributed by atoms with Crippen LogP contribution in [0.15, 0.2) is 28.2 Å². The van der Waals surface area contributed by atoms with Gasteiger partial charge in [-0.3, -0.25) is 0 Å². The van der Waals surface area contributed by atoms with Gasteiger partial charge in [0.25, 0.3) is 0 Å². The summed E-state index contributed by atoms with van der Waals surface area (Å²) in [6.45, 7) is 5.67. The fourth-order valence-corrected chi connectivity index (χ4v) is 3.79. The van der Waals surface area contributed by atoms with Gasteiger partial charge in [-0.2, -0.15) is 0 Å². The normalized spacial score (nSPS) is 20.5. The van der Waals surface area contributed by atoms with Crippen molar-refractivity contribution in [3.05, 3.63) is 39.4 Å². The highest BCUT2D eigenvalue weighted by Gasteiger charge is 2.31. The zero-order valence-electron chi connectivity index (χ0n) is 13.3. The van der Waals surface area contributed by atoms with Gasteiger partial charge in [-0.1, -0.05) is 22.0 Å². The lowest BCUT2D eigenvalue weighted by Crippen LogP contribution is -2.41. The zero-order valence-corrected chi connectivity index (χ0v) is 14.9. The Kier molecular flexibility index (Phi) is 4.06. The number of alkyl carbamates (subject to hydrolysis) is 1. The van der Waals surface area contributed by atoms with Crippen molar-refractivity contribution in [3.63, 3.8) is 0 Å². The van der Waals surface area contributed by atoms with Gasteiger partial charge in [0, 0.05) is 4.47 Å². The Bertz CT molecular complexity index is 643. The summed E-state index contributed by atoms with van der Waals surface area (Å²) in [5.41, 5.74) is 5.05. The molecule has 0 heterocycles. The minimum absolute atomic E-state index is 0.102. The maximum absolute atomic E-state index is 12.1. The van der Waals surface area contributed by atoms with Crippen LogP contribution in [0, 0.1) is 0 Å². The maximum Gasteiger partial charge on any atom is 0.408 e. The van der Waals surface area contributed by atoms with E-state index in [0.717, 1.165) is 30.2 Å². The molecular formula is C18H22BrNO2. The lowest BCUT2D eigenvalue weighted by Gasteiger charge is -2.28. The second-order valence-corrected chi connectivity index (χ2v) is 7.99. The van der Waals surface area contributed by atoms with E-state index >= 15 is 0 Å². The van der Waals surface area contributed by atoms with Gasteiger partial charge in [0.1, 0.15) is 5.60 Å². The molecule has 3 rings (SSSR count). The second kappa shape index (κ2) is 5.73. The monoisotopic (exact) mass is 363 g/mol. The van der Waals surface area contributed by atoms with E-state index in [1.165, 1.54) is 22.3 Å². The van der Waals surface area contributed by atoms with Crippen molar-refractivity contribution in [2.24, 2.45) is 0 Å². The van der Waals surface area contributed by atoms with E-state index < -0.39 is 5.60 Å². The number of allylic oxidation sites excluding steroid dienone is 1. The SMILES string of the molecule is CC(C)(C)OC(=O)NC1CCCC2=C1Cc1cc(Br)ccc12. The van der Waals surface area contributed by atoms with Crippen molar-refractivity contribution in [1.29, 1.82) is 0 Å². The lowest BCUT2D eigenvalue weighted by atomic mass is 9.88. The van der Waals surface area contributed by atoms with Gasteiger partial charge in [0.2, 0.25) is 0 Å². The number of carbonyl (C=O) groups is 1. The predicted octanol–water partition coefficient (Wildman–Crippen LogP) is 4.84. The van der Waals surface area contributed by atoms with Gasteiger partial charge < -0.3 is 10.1 Å². The van der Waals surface area contributed by atoms with E-state index in [1.807, 2.05) is 20.8 Å². The summed E-state index contributed by atoms with van der Waals surface area (Å²) in [5.74, 6) is 0. The first kappa shape index (κ1) is 15.6. The van der Waals surface area contributed by atoms with Crippen LogP contribution in [-0.4, -0.2) is 17.7 Å². The first-order valence-corrected chi connectivity index (χ1v) is 8.63. The molecule has 3 nitrogen and oxygen atoms in total.